The Morgan fingerprint density at radius 1 is 0.909 bits per heavy atom. The van der Waals surface area contributed by atoms with Gasteiger partial charge >= 0.3 is 11.9 Å². The van der Waals surface area contributed by atoms with Crippen molar-refractivity contribution in [2.45, 2.75) is 153 Å². The van der Waals surface area contributed by atoms with Gasteiger partial charge in [0.2, 0.25) is 0 Å². The molecule has 2 aromatic carbocycles. The Hall–Kier alpha value is -3.94. The molecule has 6 aliphatic carbocycles. The van der Waals surface area contributed by atoms with Gasteiger partial charge in [0.1, 0.15) is 11.2 Å². The molecular formula is C59H71N3O4. The number of carbonyl (C=O) groups is 2. The zero-order valence-corrected chi connectivity index (χ0v) is 39.5. The first-order valence-corrected chi connectivity index (χ1v) is 27.1. The minimum Gasteiger partial charge on any atom is -0.449 e. The molecule has 15 bridgehead atoms. The summed E-state index contributed by atoms with van der Waals surface area (Å²) >= 11 is 0. The summed E-state index contributed by atoms with van der Waals surface area (Å²) in [6.07, 6.45) is 26.8. The molecule has 66 heavy (non-hydrogen) atoms. The van der Waals surface area contributed by atoms with Crippen molar-refractivity contribution in [1.82, 2.24) is 9.80 Å². The van der Waals surface area contributed by atoms with Crippen molar-refractivity contribution in [2.75, 3.05) is 26.2 Å². The molecule has 7 nitrogen and oxygen atoms in total. The van der Waals surface area contributed by atoms with E-state index in [1.807, 2.05) is 0 Å². The molecule has 9 heterocycles. The van der Waals surface area contributed by atoms with Crippen LogP contribution in [0.4, 0.5) is 0 Å². The second kappa shape index (κ2) is 15.0. The van der Waals surface area contributed by atoms with Gasteiger partial charge in [-0.25, -0.2) is 4.79 Å². The van der Waals surface area contributed by atoms with Crippen LogP contribution in [0.5, 0.6) is 0 Å². The van der Waals surface area contributed by atoms with Crippen LogP contribution in [-0.2, 0) is 39.1 Å². The molecule has 3 saturated heterocycles. The minimum absolute atomic E-state index is 0.0672. The maximum Gasteiger partial charge on any atom is 0.339 e. The van der Waals surface area contributed by atoms with Crippen molar-refractivity contribution >= 4 is 11.9 Å². The van der Waals surface area contributed by atoms with Crippen LogP contribution in [0.25, 0.3) is 0 Å². The van der Waals surface area contributed by atoms with Gasteiger partial charge in [0.05, 0.1) is 11.0 Å². The Labute approximate surface area is 392 Å². The first-order valence-electron chi connectivity index (χ1n) is 27.1. The molecule has 2 aromatic rings. The van der Waals surface area contributed by atoms with Gasteiger partial charge in [0.15, 0.2) is 5.60 Å². The van der Waals surface area contributed by atoms with Gasteiger partial charge in [0, 0.05) is 54.8 Å². The number of hydrogen-bond donors (Lipinski definition) is 1. The van der Waals surface area contributed by atoms with Gasteiger partial charge in [-0.1, -0.05) is 111 Å². The van der Waals surface area contributed by atoms with E-state index in [1.54, 1.807) is 11.3 Å². The number of nitrogens with zero attached hydrogens (tertiary/aromatic N) is 2. The molecule has 2 N–H and O–H groups in total. The molecule has 17 rings (SSSR count). The van der Waals surface area contributed by atoms with E-state index in [0.717, 1.165) is 92.6 Å². The van der Waals surface area contributed by atoms with Crippen LogP contribution in [0, 0.1) is 52.3 Å². The molecule has 0 aromatic heterocycles. The van der Waals surface area contributed by atoms with E-state index < -0.39 is 16.4 Å². The molecule has 3 spiro atoms. The quantitative estimate of drug-likeness (QED) is 0.299. The predicted molar refractivity (Wildman–Crippen MR) is 256 cm³/mol. The number of fused-ring (bicyclic) bond motifs is 6. The third-order valence-electron chi connectivity index (χ3n) is 20.9. The van der Waals surface area contributed by atoms with E-state index in [0.29, 0.717) is 42.3 Å². The monoisotopic (exact) mass is 886 g/mol. The fraction of sp³-hybridized carbons (Fsp3) is 0.627. The Balaban J connectivity index is 1.04. The average Bonchev–Trinajstić information content (AvgIpc) is 3.77. The van der Waals surface area contributed by atoms with Crippen molar-refractivity contribution in [3.8, 4) is 0 Å². The highest BCUT2D eigenvalue weighted by molar-refractivity contribution is 6.00. The highest BCUT2D eigenvalue weighted by Crippen LogP contribution is 2.87. The van der Waals surface area contributed by atoms with E-state index in [1.165, 1.54) is 112 Å². The third-order valence-corrected chi connectivity index (χ3v) is 20.9. The van der Waals surface area contributed by atoms with Crippen LogP contribution in [-0.4, -0.2) is 60.0 Å². The Morgan fingerprint density at radius 3 is 2.67 bits per heavy atom. The van der Waals surface area contributed by atoms with Crippen molar-refractivity contribution in [2.24, 2.45) is 58.0 Å². The van der Waals surface area contributed by atoms with E-state index in [2.05, 4.69) is 71.3 Å². The lowest BCUT2D eigenvalue weighted by Gasteiger charge is -2.71. The lowest BCUT2D eigenvalue weighted by molar-refractivity contribution is -0.275. The number of ether oxygens (including phenoxy) is 2. The molecule has 0 amide bonds. The summed E-state index contributed by atoms with van der Waals surface area (Å²) in [6, 6.07) is 17.0. The Bertz CT molecular complexity index is 2540. The van der Waals surface area contributed by atoms with Crippen LogP contribution >= 0.6 is 0 Å². The van der Waals surface area contributed by atoms with Crippen molar-refractivity contribution in [3.63, 3.8) is 0 Å². The fourth-order valence-corrected chi connectivity index (χ4v) is 18.7. The number of nitrogens with two attached hydrogens (primary N) is 1. The molecule has 7 heteroatoms. The minimum atomic E-state index is -0.994. The number of hydrogen-bond acceptors (Lipinski definition) is 7. The largest absolute Gasteiger partial charge is 0.449 e. The summed E-state index contributed by atoms with van der Waals surface area (Å²) in [5, 5.41) is 0. The van der Waals surface area contributed by atoms with Gasteiger partial charge in [0.25, 0.3) is 0 Å². The molecular weight excluding hydrogens is 815 g/mol. The first kappa shape index (κ1) is 41.1. The summed E-state index contributed by atoms with van der Waals surface area (Å²) in [4.78, 5) is 37.2. The maximum absolute atomic E-state index is 16.2. The SMILES string of the molecule is CC1CC2=C3C4C5=C6C=C(Cc7cccc(c7)CCCCC7C68C(=O)OC(=CCC(CC6CCCCC6)N6CC9CC(C6)C(CC2)N3C9)C8(CC5)C72OC(=O)c3c(CCCN)cccc32)C14. The molecule has 12 unspecified atom stereocenters. The molecule has 5 fully saturated rings. The number of piperidine rings is 2. The van der Waals surface area contributed by atoms with Gasteiger partial charge in [-0.3, -0.25) is 9.69 Å². The predicted octanol–water partition coefficient (Wildman–Crippen LogP) is 10.7. The second-order valence-corrected chi connectivity index (χ2v) is 23.9. The molecule has 15 aliphatic rings. The number of rotatable bonds is 5. The van der Waals surface area contributed by atoms with Crippen LogP contribution in [0.2, 0.25) is 0 Å². The normalized spacial score (nSPS) is 40.5. The number of allylic oxidation sites excluding steroid dienone is 4. The second-order valence-electron chi connectivity index (χ2n) is 23.9. The van der Waals surface area contributed by atoms with Gasteiger partial charge < -0.3 is 20.1 Å². The number of aryl methyl sites for hydroxylation is 2. The van der Waals surface area contributed by atoms with Gasteiger partial charge in [-0.15, -0.1) is 0 Å². The molecule has 346 valence electrons. The van der Waals surface area contributed by atoms with E-state index in [4.69, 9.17) is 15.2 Å². The smallest absolute Gasteiger partial charge is 0.339 e. The van der Waals surface area contributed by atoms with E-state index in [-0.39, 0.29) is 23.8 Å². The average molecular weight is 886 g/mol. The zero-order valence-electron chi connectivity index (χ0n) is 39.5. The fourth-order valence-electron chi connectivity index (χ4n) is 18.7. The third kappa shape index (κ3) is 5.34. The Kier molecular flexibility index (Phi) is 9.35. The number of benzene rings is 2. The molecule has 9 aliphatic heterocycles. The van der Waals surface area contributed by atoms with E-state index in [9.17, 15) is 4.79 Å². The summed E-state index contributed by atoms with van der Waals surface area (Å²) in [6.45, 7) is 6.65. The van der Waals surface area contributed by atoms with Crippen molar-refractivity contribution in [3.05, 3.63) is 116 Å². The van der Waals surface area contributed by atoms with E-state index >= 15 is 4.79 Å². The van der Waals surface area contributed by atoms with Crippen LogP contribution in [0.1, 0.15) is 149 Å². The summed E-state index contributed by atoms with van der Waals surface area (Å²) in [7, 11) is 0. The summed E-state index contributed by atoms with van der Waals surface area (Å²) < 4.78 is 14.5. The van der Waals surface area contributed by atoms with Crippen LogP contribution < -0.4 is 5.73 Å². The number of carbonyl (C=O) groups excluding carboxylic acids is 2. The standard InChI is InChI=1S/C59H71N3O4/c1-35-26-41-19-21-48-43-29-39-32-61(34-43)44(30-37-10-3-2-4-11-37)20-22-50-57-24-23-45-47-31-42(51(35)53(45)54(41)62(48)33-39)28-38-14-7-13-36(27-38)12-5-6-18-49(58(47,57)56(64)65-50)59(57)46-17-8-15-40(16-9-25-60)52(46)55(63)66-59/h7-8,13-15,17,22,27,31,35,37,39,43-44,48-49,51,53H,2-6,9-12,16,18-21,23-26,28-30,32-34,60H2,1H3. The molecule has 0 radical (unpaired) electrons. The highest BCUT2D eigenvalue weighted by Gasteiger charge is 2.92. The first-order chi connectivity index (χ1) is 32.3. The van der Waals surface area contributed by atoms with Crippen molar-refractivity contribution < 1.29 is 19.1 Å². The topological polar surface area (TPSA) is 85.1 Å². The molecule has 2 saturated carbocycles. The summed E-state index contributed by atoms with van der Waals surface area (Å²) in [5.74, 6) is 3.58. The maximum atomic E-state index is 16.2. The zero-order chi connectivity index (χ0) is 44.1. The number of esters is 2. The highest BCUT2D eigenvalue weighted by atomic mass is 16.6. The molecule has 12 atom stereocenters. The summed E-state index contributed by atoms with van der Waals surface area (Å²) in [5.41, 5.74) is 16.7. The van der Waals surface area contributed by atoms with Crippen molar-refractivity contribution in [1.29, 1.82) is 0 Å². The van der Waals surface area contributed by atoms with Gasteiger partial charge in [-0.05, 0) is 154 Å². The van der Waals surface area contributed by atoms with Crippen LogP contribution in [0.3, 0.4) is 0 Å². The van der Waals surface area contributed by atoms with Gasteiger partial charge in [-0.2, -0.15) is 0 Å². The lowest BCUT2D eigenvalue weighted by Crippen LogP contribution is -2.77. The van der Waals surface area contributed by atoms with Crippen LogP contribution in [0.15, 0.2) is 88.4 Å². The Morgan fingerprint density at radius 2 is 1.77 bits per heavy atom. The lowest BCUT2D eigenvalue weighted by atomic mass is 9.29.